The first-order valence-corrected chi connectivity index (χ1v) is 5.89. The van der Waals surface area contributed by atoms with E-state index in [1.54, 1.807) is 0 Å². The Hall–Kier alpha value is -0.610. The fraction of sp³-hybridized carbons (Fsp3) is 0.917. The summed E-state index contributed by atoms with van der Waals surface area (Å²) in [7, 11) is 0. The molecule has 0 radical (unpaired) electrons. The highest BCUT2D eigenvalue weighted by molar-refractivity contribution is 5.71. The molecule has 1 aliphatic carbocycles. The molecule has 16 heavy (non-hydrogen) atoms. The van der Waals surface area contributed by atoms with Crippen LogP contribution in [0.25, 0.3) is 0 Å². The first-order valence-electron chi connectivity index (χ1n) is 5.89. The average molecular weight is 229 g/mol. The molecule has 0 amide bonds. The summed E-state index contributed by atoms with van der Waals surface area (Å²) in [6.45, 7) is 7.65. The van der Waals surface area contributed by atoms with Crippen molar-refractivity contribution >= 4 is 5.97 Å². The number of hydrogen-bond donors (Lipinski definition) is 1. The average Bonchev–Trinajstić information content (AvgIpc) is 2.45. The molecule has 0 aromatic carbocycles. The second-order valence-electron chi connectivity index (χ2n) is 5.74. The maximum Gasteiger partial charge on any atom is 0.309 e. The predicted octanol–water partition coefficient (Wildman–Crippen LogP) is 2.17. The lowest BCUT2D eigenvalue weighted by atomic mass is 9.89. The summed E-state index contributed by atoms with van der Waals surface area (Å²) in [5.41, 5.74) is -0.961. The van der Waals surface area contributed by atoms with E-state index in [1.807, 2.05) is 20.8 Å². The van der Waals surface area contributed by atoms with Gasteiger partial charge in [0, 0.05) is 0 Å². The largest absolute Gasteiger partial charge is 0.460 e. The van der Waals surface area contributed by atoms with E-state index in [0.717, 1.165) is 19.3 Å². The van der Waals surface area contributed by atoms with Gasteiger partial charge in [0.1, 0.15) is 11.2 Å². The van der Waals surface area contributed by atoms with Crippen LogP contribution in [0.1, 0.15) is 53.4 Å². The zero-order chi connectivity index (χ0) is 12.4. The van der Waals surface area contributed by atoms with Crippen LogP contribution in [0.2, 0.25) is 0 Å². The number of nitrogens with two attached hydrogens (primary N) is 1. The lowest BCUT2D eigenvalue weighted by molar-refractivity contribution is -0.166. The number of esters is 1. The Bertz CT molecular complexity index is 259. The molecule has 94 valence electrons. The summed E-state index contributed by atoms with van der Waals surface area (Å²) >= 11 is 0. The molecule has 2 unspecified atom stereocenters. The molecular weight excluding hydrogens is 206 g/mol. The van der Waals surface area contributed by atoms with Gasteiger partial charge in [0.15, 0.2) is 0 Å². The molecule has 2 atom stereocenters. The van der Waals surface area contributed by atoms with E-state index < -0.39 is 11.2 Å². The highest BCUT2D eigenvalue weighted by Crippen LogP contribution is 2.40. The first-order chi connectivity index (χ1) is 7.29. The Morgan fingerprint density at radius 1 is 1.50 bits per heavy atom. The van der Waals surface area contributed by atoms with Crippen molar-refractivity contribution in [2.24, 2.45) is 11.8 Å². The number of rotatable bonds is 3. The van der Waals surface area contributed by atoms with Gasteiger partial charge in [0.25, 0.3) is 0 Å². The molecule has 0 aromatic rings. The van der Waals surface area contributed by atoms with Crippen LogP contribution >= 0.6 is 0 Å². The van der Waals surface area contributed by atoms with E-state index in [1.165, 1.54) is 0 Å². The van der Waals surface area contributed by atoms with Gasteiger partial charge in [-0.05, 0) is 39.5 Å². The molecule has 0 heterocycles. The fourth-order valence-corrected chi connectivity index (χ4v) is 2.32. The smallest absolute Gasteiger partial charge is 0.309 e. The van der Waals surface area contributed by atoms with Crippen LogP contribution in [0.4, 0.5) is 0 Å². The highest BCUT2D eigenvalue weighted by Gasteiger charge is 2.44. The SMILES string of the molecule is CC1CCCC1(CC(=O)OC(C)(C)C)ON. The monoisotopic (exact) mass is 229 g/mol. The third kappa shape index (κ3) is 3.19. The summed E-state index contributed by atoms with van der Waals surface area (Å²) in [6.07, 6.45) is 3.20. The minimum atomic E-state index is -0.512. The molecule has 0 bridgehead atoms. The summed E-state index contributed by atoms with van der Waals surface area (Å²) in [4.78, 5) is 16.9. The van der Waals surface area contributed by atoms with Crippen molar-refractivity contribution in [3.63, 3.8) is 0 Å². The van der Waals surface area contributed by atoms with Crippen LogP contribution in [0.15, 0.2) is 0 Å². The van der Waals surface area contributed by atoms with E-state index in [9.17, 15) is 4.79 Å². The molecule has 0 aliphatic heterocycles. The van der Waals surface area contributed by atoms with Crippen LogP contribution in [0, 0.1) is 5.92 Å². The minimum Gasteiger partial charge on any atom is -0.460 e. The Labute approximate surface area is 97.4 Å². The third-order valence-electron chi connectivity index (χ3n) is 3.23. The Balaban J connectivity index is 2.60. The van der Waals surface area contributed by atoms with E-state index in [4.69, 9.17) is 15.5 Å². The fourth-order valence-electron chi connectivity index (χ4n) is 2.32. The second-order valence-corrected chi connectivity index (χ2v) is 5.74. The van der Waals surface area contributed by atoms with Crippen molar-refractivity contribution in [3.8, 4) is 0 Å². The third-order valence-corrected chi connectivity index (χ3v) is 3.23. The number of carbonyl (C=O) groups excluding carboxylic acids is 1. The maximum absolute atomic E-state index is 11.8. The molecule has 4 heteroatoms. The molecule has 1 saturated carbocycles. The summed E-state index contributed by atoms with van der Waals surface area (Å²) in [5.74, 6) is 5.44. The summed E-state index contributed by atoms with van der Waals surface area (Å²) in [6, 6.07) is 0. The van der Waals surface area contributed by atoms with Gasteiger partial charge in [-0.2, -0.15) is 0 Å². The second kappa shape index (κ2) is 4.72. The van der Waals surface area contributed by atoms with E-state index in [0.29, 0.717) is 5.92 Å². The van der Waals surface area contributed by atoms with Crippen molar-refractivity contribution in [2.45, 2.75) is 64.6 Å². The van der Waals surface area contributed by atoms with Crippen LogP contribution in [0.3, 0.4) is 0 Å². The lowest BCUT2D eigenvalue weighted by Crippen LogP contribution is -2.41. The summed E-state index contributed by atoms with van der Waals surface area (Å²) < 4.78 is 5.30. The van der Waals surface area contributed by atoms with Crippen molar-refractivity contribution in [1.29, 1.82) is 0 Å². The van der Waals surface area contributed by atoms with Gasteiger partial charge in [0.2, 0.25) is 0 Å². The molecule has 2 N–H and O–H groups in total. The van der Waals surface area contributed by atoms with Gasteiger partial charge in [-0.1, -0.05) is 13.3 Å². The molecule has 0 aromatic heterocycles. The van der Waals surface area contributed by atoms with Crippen molar-refractivity contribution in [2.75, 3.05) is 0 Å². The van der Waals surface area contributed by atoms with Crippen molar-refractivity contribution < 1.29 is 14.4 Å². The first kappa shape index (κ1) is 13.5. The van der Waals surface area contributed by atoms with E-state index in [-0.39, 0.29) is 12.4 Å². The van der Waals surface area contributed by atoms with Crippen LogP contribution in [0.5, 0.6) is 0 Å². The van der Waals surface area contributed by atoms with Crippen molar-refractivity contribution in [1.82, 2.24) is 0 Å². The molecule has 1 fully saturated rings. The molecule has 0 spiro atoms. The normalized spacial score (nSPS) is 30.4. The topological polar surface area (TPSA) is 61.5 Å². The maximum atomic E-state index is 11.8. The Morgan fingerprint density at radius 2 is 2.12 bits per heavy atom. The van der Waals surface area contributed by atoms with Gasteiger partial charge >= 0.3 is 5.97 Å². The van der Waals surface area contributed by atoms with Gasteiger partial charge in [-0.3, -0.25) is 9.63 Å². The minimum absolute atomic E-state index is 0.230. The molecule has 1 rings (SSSR count). The lowest BCUT2D eigenvalue weighted by Gasteiger charge is -2.31. The molecule has 1 aliphatic rings. The van der Waals surface area contributed by atoms with Gasteiger partial charge in [-0.15, -0.1) is 0 Å². The van der Waals surface area contributed by atoms with Gasteiger partial charge < -0.3 is 4.74 Å². The van der Waals surface area contributed by atoms with Gasteiger partial charge in [-0.25, -0.2) is 5.90 Å². The van der Waals surface area contributed by atoms with Crippen LogP contribution in [-0.4, -0.2) is 17.2 Å². The number of ether oxygens (including phenoxy) is 1. The number of carbonyl (C=O) groups is 1. The van der Waals surface area contributed by atoms with Crippen molar-refractivity contribution in [3.05, 3.63) is 0 Å². The number of hydrogen-bond acceptors (Lipinski definition) is 4. The standard InChI is InChI=1S/C12H23NO3/c1-9-6-5-7-12(9,16-13)8-10(14)15-11(2,3)4/h9H,5-8,13H2,1-4H3. The van der Waals surface area contributed by atoms with Gasteiger partial charge in [0.05, 0.1) is 6.42 Å². The van der Waals surface area contributed by atoms with Crippen LogP contribution < -0.4 is 5.90 Å². The Morgan fingerprint density at radius 3 is 2.50 bits per heavy atom. The highest BCUT2D eigenvalue weighted by atomic mass is 16.6. The summed E-state index contributed by atoms with van der Waals surface area (Å²) in [5, 5.41) is 0. The molecular formula is C12H23NO3. The predicted molar refractivity (Wildman–Crippen MR) is 61.5 cm³/mol. The quantitative estimate of drug-likeness (QED) is 0.595. The molecule has 4 nitrogen and oxygen atoms in total. The van der Waals surface area contributed by atoms with E-state index >= 15 is 0 Å². The zero-order valence-electron chi connectivity index (χ0n) is 10.7. The zero-order valence-corrected chi connectivity index (χ0v) is 10.7. The molecule has 0 saturated heterocycles. The van der Waals surface area contributed by atoms with Crippen LogP contribution in [-0.2, 0) is 14.4 Å². The van der Waals surface area contributed by atoms with E-state index in [2.05, 4.69) is 6.92 Å². The Kier molecular flexibility index (Phi) is 3.97.